The number of carbonyl (C=O) groups is 1. The van der Waals surface area contributed by atoms with Gasteiger partial charge in [0.2, 0.25) is 0 Å². The maximum Gasteiger partial charge on any atom is 0.409 e. The molecule has 6 heteroatoms. The van der Waals surface area contributed by atoms with Crippen LogP contribution in [0.4, 0.5) is 4.79 Å². The fourth-order valence-electron chi connectivity index (χ4n) is 2.38. The van der Waals surface area contributed by atoms with Gasteiger partial charge in [0.15, 0.2) is 8.69 Å². The minimum Gasteiger partial charge on any atom is -0.444 e. The fraction of sp³-hybridized carbons (Fsp3) is 0.923. The summed E-state index contributed by atoms with van der Waals surface area (Å²) in [5.41, 5.74) is -0.538. The van der Waals surface area contributed by atoms with Crippen LogP contribution in [0.3, 0.4) is 0 Å². The molecule has 19 heavy (non-hydrogen) atoms. The normalized spacial score (nSPS) is 19.5. The fourth-order valence-corrected chi connectivity index (χ4v) is 2.69. The predicted molar refractivity (Wildman–Crippen MR) is 75.8 cm³/mol. The topological polar surface area (TPSA) is 64.6 Å². The smallest absolute Gasteiger partial charge is 0.409 e. The van der Waals surface area contributed by atoms with Crippen molar-refractivity contribution in [3.05, 3.63) is 0 Å². The van der Waals surface area contributed by atoms with Crippen molar-refractivity contribution in [2.24, 2.45) is 5.92 Å². The molecule has 2 unspecified atom stereocenters. The zero-order valence-corrected chi connectivity index (χ0v) is 13.3. The van der Waals surface area contributed by atoms with E-state index in [-0.39, 0.29) is 0 Å². The lowest BCUT2D eigenvalue weighted by atomic mass is 9.86. The van der Waals surface area contributed by atoms with Gasteiger partial charge >= 0.3 is 6.09 Å². The van der Waals surface area contributed by atoms with E-state index in [9.17, 15) is 9.36 Å². The van der Waals surface area contributed by atoms with Crippen LogP contribution in [0.2, 0.25) is 0 Å². The monoisotopic (exact) mass is 291 g/mol. The summed E-state index contributed by atoms with van der Waals surface area (Å²) in [5, 5.41) is 2.66. The molecule has 1 amide bonds. The van der Waals surface area contributed by atoms with Crippen LogP contribution in [0.1, 0.15) is 59.3 Å². The van der Waals surface area contributed by atoms with E-state index in [0.29, 0.717) is 12.3 Å². The molecular formula is C13H26NO4P. The first-order valence-corrected chi connectivity index (χ1v) is 7.93. The Morgan fingerprint density at radius 3 is 2.47 bits per heavy atom. The molecule has 0 aliphatic heterocycles. The number of amides is 1. The Morgan fingerprint density at radius 2 is 1.95 bits per heavy atom. The second-order valence-corrected chi connectivity index (χ2v) is 6.57. The molecule has 0 aromatic heterocycles. The van der Waals surface area contributed by atoms with Crippen LogP contribution in [-0.4, -0.2) is 17.9 Å². The van der Waals surface area contributed by atoms with Gasteiger partial charge in [0, 0.05) is 0 Å². The van der Waals surface area contributed by atoms with Gasteiger partial charge < -0.3 is 9.26 Å². The Balaban J connectivity index is 2.42. The van der Waals surface area contributed by atoms with E-state index in [1.54, 1.807) is 0 Å². The molecule has 5 nitrogen and oxygen atoms in total. The zero-order valence-electron chi connectivity index (χ0n) is 12.1. The van der Waals surface area contributed by atoms with Gasteiger partial charge in [-0.25, -0.2) is 4.79 Å². The standard InChI is InChI=1S/C13H26NO4P/c1-13(2,3)17-12(15)14-11(18-19-16)9-10-7-5-4-6-8-10/h10-11H,4-9,19H2,1-3H3,(H,14,15). The molecule has 2 atom stereocenters. The average Bonchev–Trinajstić information content (AvgIpc) is 2.27. The van der Waals surface area contributed by atoms with E-state index < -0.39 is 26.6 Å². The molecule has 1 aliphatic carbocycles. The Bertz CT molecular complexity index is 298. The Morgan fingerprint density at radius 1 is 1.32 bits per heavy atom. The molecule has 0 bridgehead atoms. The molecule has 0 spiro atoms. The highest BCUT2D eigenvalue weighted by molar-refractivity contribution is 7.17. The Hall–Kier alpha value is -0.540. The van der Waals surface area contributed by atoms with Crippen LogP contribution in [0.15, 0.2) is 0 Å². The van der Waals surface area contributed by atoms with Crippen LogP contribution in [-0.2, 0) is 13.8 Å². The van der Waals surface area contributed by atoms with E-state index in [1.807, 2.05) is 20.8 Å². The van der Waals surface area contributed by atoms with Crippen LogP contribution in [0, 0.1) is 5.92 Å². The number of hydrogen-bond donors (Lipinski definition) is 1. The zero-order chi connectivity index (χ0) is 14.3. The molecule has 0 aromatic rings. The molecule has 0 heterocycles. The van der Waals surface area contributed by atoms with Crippen molar-refractivity contribution in [3.63, 3.8) is 0 Å². The first-order chi connectivity index (χ1) is 8.90. The maximum absolute atomic E-state index is 11.7. The van der Waals surface area contributed by atoms with Crippen molar-refractivity contribution >= 4 is 14.8 Å². The number of alkyl carbamates (subject to hydrolysis) is 1. The largest absolute Gasteiger partial charge is 0.444 e. The second-order valence-electron chi connectivity index (χ2n) is 6.11. The average molecular weight is 291 g/mol. The molecule has 1 fully saturated rings. The van der Waals surface area contributed by atoms with Gasteiger partial charge in [-0.05, 0) is 33.1 Å². The van der Waals surface area contributed by atoms with Crippen LogP contribution < -0.4 is 5.32 Å². The molecule has 1 saturated carbocycles. The summed E-state index contributed by atoms with van der Waals surface area (Å²) >= 11 is 0. The Labute approximate surface area is 116 Å². The van der Waals surface area contributed by atoms with Crippen molar-refractivity contribution in [3.8, 4) is 0 Å². The molecule has 1 N–H and O–H groups in total. The van der Waals surface area contributed by atoms with E-state index in [2.05, 4.69) is 5.32 Å². The van der Waals surface area contributed by atoms with Crippen molar-refractivity contribution in [2.75, 3.05) is 0 Å². The van der Waals surface area contributed by atoms with Gasteiger partial charge in [-0.2, -0.15) is 0 Å². The van der Waals surface area contributed by atoms with E-state index >= 15 is 0 Å². The van der Waals surface area contributed by atoms with Crippen LogP contribution in [0.5, 0.6) is 0 Å². The number of hydrogen-bond acceptors (Lipinski definition) is 4. The van der Waals surface area contributed by atoms with E-state index in [4.69, 9.17) is 9.26 Å². The summed E-state index contributed by atoms with van der Waals surface area (Å²) in [6.45, 7) is 5.42. The predicted octanol–water partition coefficient (Wildman–Crippen LogP) is 3.50. The summed E-state index contributed by atoms with van der Waals surface area (Å²) < 4.78 is 21.0. The third-order valence-corrected chi connectivity index (χ3v) is 3.61. The van der Waals surface area contributed by atoms with Gasteiger partial charge in [-0.15, -0.1) is 0 Å². The molecule has 0 aromatic carbocycles. The highest BCUT2D eigenvalue weighted by Gasteiger charge is 2.23. The molecule has 112 valence electrons. The van der Waals surface area contributed by atoms with Crippen molar-refractivity contribution < 1.29 is 18.6 Å². The lowest BCUT2D eigenvalue weighted by Gasteiger charge is -2.27. The number of rotatable bonds is 5. The quantitative estimate of drug-likeness (QED) is 0.622. The van der Waals surface area contributed by atoms with E-state index in [0.717, 1.165) is 12.8 Å². The first kappa shape index (κ1) is 16.5. The molecular weight excluding hydrogens is 265 g/mol. The van der Waals surface area contributed by atoms with E-state index in [1.165, 1.54) is 19.3 Å². The second kappa shape index (κ2) is 7.91. The third-order valence-electron chi connectivity index (χ3n) is 3.17. The minimum atomic E-state index is -1.33. The highest BCUT2D eigenvalue weighted by atomic mass is 31.1. The number of carbonyl (C=O) groups excluding carboxylic acids is 1. The highest BCUT2D eigenvalue weighted by Crippen LogP contribution is 2.28. The summed E-state index contributed by atoms with van der Waals surface area (Å²) in [7, 11) is -1.33. The summed E-state index contributed by atoms with van der Waals surface area (Å²) in [6.07, 6.45) is 5.77. The first-order valence-electron chi connectivity index (χ1n) is 6.99. The third kappa shape index (κ3) is 7.58. The van der Waals surface area contributed by atoms with Gasteiger partial charge in [0.1, 0.15) is 11.8 Å². The van der Waals surface area contributed by atoms with Gasteiger partial charge in [-0.3, -0.25) is 9.88 Å². The van der Waals surface area contributed by atoms with Crippen molar-refractivity contribution in [1.82, 2.24) is 5.32 Å². The summed E-state index contributed by atoms with van der Waals surface area (Å²) in [5.74, 6) is 0.541. The van der Waals surface area contributed by atoms with Gasteiger partial charge in [-0.1, -0.05) is 32.1 Å². The summed E-state index contributed by atoms with van der Waals surface area (Å²) in [4.78, 5) is 11.7. The van der Waals surface area contributed by atoms with Gasteiger partial charge in [0.05, 0.1) is 0 Å². The van der Waals surface area contributed by atoms with Gasteiger partial charge in [0.25, 0.3) is 0 Å². The Kier molecular flexibility index (Phi) is 6.87. The molecule has 1 rings (SSSR count). The minimum absolute atomic E-state index is 0.495. The summed E-state index contributed by atoms with van der Waals surface area (Å²) in [6, 6.07) is 0. The maximum atomic E-state index is 11.7. The molecule has 0 radical (unpaired) electrons. The number of nitrogens with one attached hydrogen (secondary N) is 1. The van der Waals surface area contributed by atoms with Crippen LogP contribution >= 0.6 is 8.69 Å². The SMILES string of the molecule is CC(C)(C)OC(=O)NC(CC1CCCCC1)O[PH2]=O. The van der Waals surface area contributed by atoms with Crippen molar-refractivity contribution in [2.45, 2.75) is 71.1 Å². The molecule has 0 saturated heterocycles. The molecule has 1 aliphatic rings. The lowest BCUT2D eigenvalue weighted by Crippen LogP contribution is -2.40. The van der Waals surface area contributed by atoms with Crippen LogP contribution in [0.25, 0.3) is 0 Å². The lowest BCUT2D eigenvalue weighted by molar-refractivity contribution is 0.0371. The number of ether oxygens (including phenoxy) is 1. The van der Waals surface area contributed by atoms with Crippen molar-refractivity contribution in [1.29, 1.82) is 0 Å².